The highest BCUT2D eigenvalue weighted by atomic mass is 35.5. The Labute approximate surface area is 148 Å². The summed E-state index contributed by atoms with van der Waals surface area (Å²) in [6.45, 7) is 2.09. The van der Waals surface area contributed by atoms with E-state index in [-0.39, 0.29) is 17.3 Å². The van der Waals surface area contributed by atoms with E-state index in [1.165, 1.54) is 4.68 Å². The van der Waals surface area contributed by atoms with Crippen molar-refractivity contribution in [3.63, 3.8) is 0 Å². The lowest BCUT2D eigenvalue weighted by Gasteiger charge is -2.15. The molecular weight excluding hydrogens is 355 g/mol. The standard InChI is InChI=1S/C17H17ClF3N3O/c1-10-2-5-14-11(6-10)8-24(23-14)9-16(25)22-15-7-12(17(19,20)21)3-4-13(15)18/h3-4,7-8,10H,2,5-6,9H2,1H3,(H,22,25). The van der Waals surface area contributed by atoms with Gasteiger partial charge in [-0.25, -0.2) is 0 Å². The van der Waals surface area contributed by atoms with Crippen molar-refractivity contribution in [2.24, 2.45) is 5.92 Å². The minimum absolute atomic E-state index is 0.0509. The summed E-state index contributed by atoms with van der Waals surface area (Å²) in [6, 6.07) is 2.82. The number of hydrogen-bond acceptors (Lipinski definition) is 2. The molecule has 1 aromatic heterocycles. The summed E-state index contributed by atoms with van der Waals surface area (Å²) in [6.07, 6.45) is 0.206. The molecule has 0 bridgehead atoms. The normalized spacial score (nSPS) is 17.2. The van der Waals surface area contributed by atoms with Crippen LogP contribution in [0.25, 0.3) is 0 Å². The van der Waals surface area contributed by atoms with Crippen LogP contribution >= 0.6 is 11.6 Å². The number of rotatable bonds is 3. The molecule has 0 fully saturated rings. The molecule has 1 unspecified atom stereocenters. The Morgan fingerprint density at radius 3 is 2.92 bits per heavy atom. The minimum Gasteiger partial charge on any atom is -0.323 e. The number of anilines is 1. The Bertz CT molecular complexity index is 801. The molecular formula is C17H17ClF3N3O. The highest BCUT2D eigenvalue weighted by Crippen LogP contribution is 2.33. The number of aromatic nitrogens is 2. The maximum atomic E-state index is 12.8. The number of aryl methyl sites for hydroxylation is 1. The van der Waals surface area contributed by atoms with E-state index in [9.17, 15) is 18.0 Å². The van der Waals surface area contributed by atoms with E-state index in [0.717, 1.165) is 48.7 Å². The van der Waals surface area contributed by atoms with Crippen LogP contribution in [0, 0.1) is 5.92 Å². The number of nitrogens with one attached hydrogen (secondary N) is 1. The fourth-order valence-electron chi connectivity index (χ4n) is 2.96. The minimum atomic E-state index is -4.50. The average molecular weight is 372 g/mol. The quantitative estimate of drug-likeness (QED) is 0.873. The van der Waals surface area contributed by atoms with Gasteiger partial charge in [-0.3, -0.25) is 9.48 Å². The molecule has 0 spiro atoms. The predicted molar refractivity (Wildman–Crippen MR) is 88.5 cm³/mol. The zero-order valence-corrected chi connectivity index (χ0v) is 14.3. The second-order valence-corrected chi connectivity index (χ2v) is 6.79. The molecule has 2 aromatic rings. The van der Waals surface area contributed by atoms with E-state index in [2.05, 4.69) is 17.3 Å². The number of hydrogen-bond donors (Lipinski definition) is 1. The number of halogens is 4. The van der Waals surface area contributed by atoms with Crippen LogP contribution in [0.5, 0.6) is 0 Å². The van der Waals surface area contributed by atoms with Crippen molar-refractivity contribution in [3.8, 4) is 0 Å². The van der Waals surface area contributed by atoms with Gasteiger partial charge < -0.3 is 5.32 Å². The van der Waals surface area contributed by atoms with Crippen LogP contribution in [-0.2, 0) is 30.4 Å². The van der Waals surface area contributed by atoms with E-state index in [0.29, 0.717) is 5.92 Å². The van der Waals surface area contributed by atoms with Gasteiger partial charge in [-0.15, -0.1) is 0 Å². The van der Waals surface area contributed by atoms with Gasteiger partial charge in [-0.2, -0.15) is 18.3 Å². The van der Waals surface area contributed by atoms with Gasteiger partial charge in [0.25, 0.3) is 0 Å². The van der Waals surface area contributed by atoms with Gasteiger partial charge in [0, 0.05) is 6.20 Å². The Morgan fingerprint density at radius 2 is 2.20 bits per heavy atom. The Balaban J connectivity index is 1.71. The molecule has 0 aliphatic heterocycles. The summed E-state index contributed by atoms with van der Waals surface area (Å²) in [5.41, 5.74) is 1.19. The first-order valence-corrected chi connectivity index (χ1v) is 8.32. The van der Waals surface area contributed by atoms with Gasteiger partial charge >= 0.3 is 6.18 Å². The lowest BCUT2D eigenvalue weighted by Crippen LogP contribution is -2.20. The van der Waals surface area contributed by atoms with Gasteiger partial charge in [0.05, 0.1) is 22.0 Å². The molecule has 0 radical (unpaired) electrons. The lowest BCUT2D eigenvalue weighted by molar-refractivity contribution is -0.137. The summed E-state index contributed by atoms with van der Waals surface area (Å²) >= 11 is 5.89. The fourth-order valence-corrected chi connectivity index (χ4v) is 3.12. The van der Waals surface area contributed by atoms with E-state index in [1.54, 1.807) is 0 Å². The number of alkyl halides is 3. The molecule has 1 atom stereocenters. The molecule has 25 heavy (non-hydrogen) atoms. The molecule has 1 aliphatic rings. The average Bonchev–Trinajstić information content (AvgIpc) is 2.89. The van der Waals surface area contributed by atoms with Crippen LogP contribution in [0.4, 0.5) is 18.9 Å². The number of carbonyl (C=O) groups is 1. The lowest BCUT2D eigenvalue weighted by atomic mass is 9.89. The van der Waals surface area contributed by atoms with E-state index < -0.39 is 17.6 Å². The zero-order valence-electron chi connectivity index (χ0n) is 13.5. The largest absolute Gasteiger partial charge is 0.416 e. The van der Waals surface area contributed by atoms with Crippen molar-refractivity contribution in [1.29, 1.82) is 0 Å². The smallest absolute Gasteiger partial charge is 0.323 e. The van der Waals surface area contributed by atoms with Crippen LogP contribution in [-0.4, -0.2) is 15.7 Å². The fraction of sp³-hybridized carbons (Fsp3) is 0.412. The van der Waals surface area contributed by atoms with Crippen LogP contribution in [0.1, 0.15) is 30.2 Å². The van der Waals surface area contributed by atoms with Crippen LogP contribution in [0.15, 0.2) is 24.4 Å². The van der Waals surface area contributed by atoms with Gasteiger partial charge in [-0.1, -0.05) is 18.5 Å². The maximum absolute atomic E-state index is 12.8. The third kappa shape index (κ3) is 4.15. The Kier molecular flexibility index (Phi) is 4.77. The third-order valence-electron chi connectivity index (χ3n) is 4.24. The molecule has 134 valence electrons. The monoisotopic (exact) mass is 371 g/mol. The molecule has 1 N–H and O–H groups in total. The summed E-state index contributed by atoms with van der Waals surface area (Å²) in [5.74, 6) is 0.108. The van der Waals surface area contributed by atoms with Gasteiger partial charge in [0.2, 0.25) is 5.91 Å². The summed E-state index contributed by atoms with van der Waals surface area (Å²) < 4.78 is 39.9. The summed E-state index contributed by atoms with van der Waals surface area (Å²) in [4.78, 5) is 12.2. The highest BCUT2D eigenvalue weighted by molar-refractivity contribution is 6.33. The van der Waals surface area contributed by atoms with Gasteiger partial charge in [0.15, 0.2) is 0 Å². The molecule has 3 rings (SSSR count). The first-order valence-electron chi connectivity index (χ1n) is 7.94. The topological polar surface area (TPSA) is 46.9 Å². The van der Waals surface area contributed by atoms with Gasteiger partial charge in [0.1, 0.15) is 6.54 Å². The molecule has 4 nitrogen and oxygen atoms in total. The number of nitrogens with zero attached hydrogens (tertiary/aromatic N) is 2. The SMILES string of the molecule is CC1CCc2nn(CC(=O)Nc3cc(C(F)(F)F)ccc3Cl)cc2C1. The molecule has 0 saturated heterocycles. The molecule has 1 aromatic carbocycles. The van der Waals surface area contributed by atoms with Crippen LogP contribution in [0.3, 0.4) is 0 Å². The van der Waals surface area contributed by atoms with Crippen molar-refractivity contribution in [2.75, 3.05) is 5.32 Å². The predicted octanol–water partition coefficient (Wildman–Crippen LogP) is 4.32. The third-order valence-corrected chi connectivity index (χ3v) is 4.57. The molecule has 0 saturated carbocycles. The van der Waals surface area contributed by atoms with Crippen molar-refractivity contribution in [1.82, 2.24) is 9.78 Å². The first-order chi connectivity index (χ1) is 11.7. The molecule has 1 heterocycles. The number of benzene rings is 1. The van der Waals surface area contributed by atoms with Crippen molar-refractivity contribution >= 4 is 23.2 Å². The number of fused-ring (bicyclic) bond motifs is 1. The molecule has 8 heteroatoms. The number of amides is 1. The second-order valence-electron chi connectivity index (χ2n) is 6.39. The van der Waals surface area contributed by atoms with E-state index >= 15 is 0 Å². The van der Waals surface area contributed by atoms with Crippen molar-refractivity contribution < 1.29 is 18.0 Å². The Morgan fingerprint density at radius 1 is 1.44 bits per heavy atom. The summed E-state index contributed by atoms with van der Waals surface area (Å²) in [7, 11) is 0. The molecule has 1 amide bonds. The molecule has 1 aliphatic carbocycles. The number of carbonyl (C=O) groups excluding carboxylic acids is 1. The van der Waals surface area contributed by atoms with Crippen molar-refractivity contribution in [3.05, 3.63) is 46.2 Å². The highest BCUT2D eigenvalue weighted by Gasteiger charge is 2.31. The van der Waals surface area contributed by atoms with Crippen LogP contribution < -0.4 is 5.32 Å². The van der Waals surface area contributed by atoms with Crippen LogP contribution in [0.2, 0.25) is 5.02 Å². The van der Waals surface area contributed by atoms with E-state index in [1.807, 2.05) is 6.20 Å². The van der Waals surface area contributed by atoms with E-state index in [4.69, 9.17) is 11.6 Å². The van der Waals surface area contributed by atoms with Crippen molar-refractivity contribution in [2.45, 2.75) is 38.9 Å². The Hall–Kier alpha value is -2.02. The first kappa shape index (κ1) is 17.8. The second kappa shape index (κ2) is 6.71. The van der Waals surface area contributed by atoms with Gasteiger partial charge in [-0.05, 0) is 48.9 Å². The maximum Gasteiger partial charge on any atom is 0.416 e. The zero-order chi connectivity index (χ0) is 18.2. The summed E-state index contributed by atoms with van der Waals surface area (Å²) in [5, 5.41) is 6.87.